The lowest BCUT2D eigenvalue weighted by Gasteiger charge is -2.42. The van der Waals surface area contributed by atoms with Crippen molar-refractivity contribution in [3.63, 3.8) is 0 Å². The molecule has 0 aromatic rings. The monoisotopic (exact) mass is 420 g/mol. The van der Waals surface area contributed by atoms with Crippen LogP contribution in [0, 0.1) is 5.41 Å². The molecular weight excluding hydrogens is 376 g/mol. The highest BCUT2D eigenvalue weighted by Crippen LogP contribution is 2.47. The fourth-order valence-electron chi connectivity index (χ4n) is 5.83. The number of hydrogen-bond donors (Lipinski definition) is 0. The molecule has 0 aromatic heterocycles. The van der Waals surface area contributed by atoms with Gasteiger partial charge in [-0.25, -0.2) is 0 Å². The Kier molecular flexibility index (Phi) is 6.96. The summed E-state index contributed by atoms with van der Waals surface area (Å²) in [5, 5.41) is 0. The quantitative estimate of drug-likeness (QED) is 0.501. The van der Waals surface area contributed by atoms with Gasteiger partial charge in [0, 0.05) is 43.1 Å². The van der Waals surface area contributed by atoms with Gasteiger partial charge in [-0.05, 0) is 66.3 Å². The maximum absolute atomic E-state index is 6.44. The molecule has 1 aliphatic carbocycles. The van der Waals surface area contributed by atoms with Gasteiger partial charge in [-0.15, -0.1) is 0 Å². The second-order valence-electron chi connectivity index (χ2n) is 11.0. The van der Waals surface area contributed by atoms with E-state index in [0.717, 1.165) is 52.3 Å². The van der Waals surface area contributed by atoms with Crippen LogP contribution in [0.4, 0.5) is 0 Å². The molecule has 0 spiro atoms. The highest BCUT2D eigenvalue weighted by Gasteiger charge is 2.47. The molecule has 3 heterocycles. The van der Waals surface area contributed by atoms with Crippen LogP contribution in [0.15, 0.2) is 12.2 Å². The van der Waals surface area contributed by atoms with Crippen molar-refractivity contribution < 1.29 is 14.2 Å². The zero-order valence-corrected chi connectivity index (χ0v) is 19.8. The Morgan fingerprint density at radius 1 is 1.13 bits per heavy atom. The van der Waals surface area contributed by atoms with Gasteiger partial charge in [-0.3, -0.25) is 9.80 Å². The molecule has 4 aliphatic rings. The first-order valence-electron chi connectivity index (χ1n) is 12.3. The van der Waals surface area contributed by atoms with Crippen LogP contribution in [-0.2, 0) is 14.2 Å². The molecule has 0 amide bonds. The minimum absolute atomic E-state index is 0.224. The molecule has 0 bridgehead atoms. The molecule has 4 rings (SSSR count). The van der Waals surface area contributed by atoms with Gasteiger partial charge in [0.25, 0.3) is 0 Å². The van der Waals surface area contributed by atoms with Crippen LogP contribution in [0.5, 0.6) is 0 Å². The van der Waals surface area contributed by atoms with Crippen molar-refractivity contribution >= 4 is 0 Å². The molecule has 5 heteroatoms. The molecule has 4 unspecified atom stereocenters. The molecule has 0 N–H and O–H groups in total. The Morgan fingerprint density at radius 3 is 2.67 bits per heavy atom. The first kappa shape index (κ1) is 22.7. The first-order chi connectivity index (χ1) is 14.3. The Hall–Kier alpha value is -0.460. The third-order valence-corrected chi connectivity index (χ3v) is 7.98. The minimum Gasteiger partial charge on any atom is -0.378 e. The van der Waals surface area contributed by atoms with Crippen LogP contribution in [-0.4, -0.2) is 85.7 Å². The number of hydrogen-bond acceptors (Lipinski definition) is 5. The van der Waals surface area contributed by atoms with Crippen molar-refractivity contribution in [2.24, 2.45) is 5.41 Å². The highest BCUT2D eigenvalue weighted by atomic mass is 16.5. The lowest BCUT2D eigenvalue weighted by atomic mass is 9.93. The summed E-state index contributed by atoms with van der Waals surface area (Å²) in [6, 6.07) is 0.439. The van der Waals surface area contributed by atoms with Gasteiger partial charge in [0.1, 0.15) is 0 Å². The average molecular weight is 421 g/mol. The Labute approximate surface area is 184 Å². The predicted octanol–water partition coefficient (Wildman–Crippen LogP) is 3.87. The van der Waals surface area contributed by atoms with E-state index >= 15 is 0 Å². The fraction of sp³-hybridized carbons (Fsp3) is 0.920. The van der Waals surface area contributed by atoms with Gasteiger partial charge in [0.2, 0.25) is 0 Å². The van der Waals surface area contributed by atoms with Crippen molar-refractivity contribution in [2.45, 2.75) is 96.1 Å². The van der Waals surface area contributed by atoms with Crippen LogP contribution in [0.3, 0.4) is 0 Å². The molecule has 0 radical (unpaired) electrons. The van der Waals surface area contributed by atoms with Crippen molar-refractivity contribution in [2.75, 3.05) is 46.0 Å². The smallest absolute Gasteiger partial charge is 0.0752 e. The van der Waals surface area contributed by atoms with Gasteiger partial charge in [0.05, 0.1) is 38.1 Å². The van der Waals surface area contributed by atoms with E-state index in [1.54, 1.807) is 0 Å². The van der Waals surface area contributed by atoms with Gasteiger partial charge in [-0.1, -0.05) is 12.2 Å². The third-order valence-electron chi connectivity index (χ3n) is 7.98. The lowest BCUT2D eigenvalue weighted by molar-refractivity contribution is -0.102. The molecule has 172 valence electrons. The van der Waals surface area contributed by atoms with Crippen molar-refractivity contribution in [1.29, 1.82) is 0 Å². The number of fused-ring (bicyclic) bond motifs is 1. The molecule has 0 aromatic carbocycles. The lowest BCUT2D eigenvalue weighted by Crippen LogP contribution is -2.53. The van der Waals surface area contributed by atoms with Gasteiger partial charge >= 0.3 is 0 Å². The molecule has 4 atom stereocenters. The van der Waals surface area contributed by atoms with Crippen molar-refractivity contribution in [3.05, 3.63) is 12.2 Å². The fourth-order valence-corrected chi connectivity index (χ4v) is 5.83. The van der Waals surface area contributed by atoms with Gasteiger partial charge < -0.3 is 14.2 Å². The van der Waals surface area contributed by atoms with E-state index in [9.17, 15) is 0 Å². The molecule has 1 saturated carbocycles. The summed E-state index contributed by atoms with van der Waals surface area (Å²) >= 11 is 0. The van der Waals surface area contributed by atoms with E-state index in [1.165, 1.54) is 37.8 Å². The largest absolute Gasteiger partial charge is 0.378 e. The van der Waals surface area contributed by atoms with E-state index in [-0.39, 0.29) is 17.7 Å². The summed E-state index contributed by atoms with van der Waals surface area (Å²) in [6.45, 7) is 20.1. The second-order valence-corrected chi connectivity index (χ2v) is 11.0. The van der Waals surface area contributed by atoms with Crippen molar-refractivity contribution in [1.82, 2.24) is 9.80 Å². The Bertz CT molecular complexity index is 605. The van der Waals surface area contributed by atoms with Crippen molar-refractivity contribution in [3.8, 4) is 0 Å². The van der Waals surface area contributed by atoms with Gasteiger partial charge in [0.15, 0.2) is 0 Å². The second kappa shape index (κ2) is 9.19. The van der Waals surface area contributed by atoms with E-state index in [0.29, 0.717) is 17.6 Å². The predicted molar refractivity (Wildman–Crippen MR) is 121 cm³/mol. The summed E-state index contributed by atoms with van der Waals surface area (Å²) in [7, 11) is 0. The SMILES string of the molecule is C=C1CN2CCCC2(COC(C)CC2OCCN(CC3(COC(C)C)CC3)C2C)C1. The van der Waals surface area contributed by atoms with E-state index in [2.05, 4.69) is 44.1 Å². The van der Waals surface area contributed by atoms with Crippen LogP contribution in [0.25, 0.3) is 0 Å². The summed E-state index contributed by atoms with van der Waals surface area (Å²) in [5.74, 6) is 0. The first-order valence-corrected chi connectivity index (χ1v) is 12.3. The molecule has 5 nitrogen and oxygen atoms in total. The molecular formula is C25H44N2O3. The van der Waals surface area contributed by atoms with E-state index in [4.69, 9.17) is 14.2 Å². The maximum Gasteiger partial charge on any atom is 0.0752 e. The number of morpholine rings is 1. The average Bonchev–Trinajstić information content (AvgIpc) is 3.24. The summed E-state index contributed by atoms with van der Waals surface area (Å²) in [5.41, 5.74) is 1.99. The molecule has 4 fully saturated rings. The normalized spacial score (nSPS) is 35.2. The van der Waals surface area contributed by atoms with Crippen LogP contribution in [0.2, 0.25) is 0 Å². The Morgan fingerprint density at radius 2 is 1.93 bits per heavy atom. The van der Waals surface area contributed by atoms with Crippen LogP contribution >= 0.6 is 0 Å². The molecule has 30 heavy (non-hydrogen) atoms. The Balaban J connectivity index is 1.25. The summed E-state index contributed by atoms with van der Waals surface area (Å²) in [6.07, 6.45) is 8.05. The van der Waals surface area contributed by atoms with Crippen LogP contribution in [0.1, 0.15) is 66.2 Å². The van der Waals surface area contributed by atoms with E-state index in [1.807, 2.05) is 0 Å². The standard InChI is InChI=1S/C25H44N2O3/c1-19(2)29-17-24(8-9-24)16-26-11-12-28-23(22(26)5)13-21(4)30-18-25-7-6-10-27(25)15-20(3)14-25/h19,21-23H,3,6-18H2,1-2,4-5H3. The minimum atomic E-state index is 0.224. The molecule has 3 aliphatic heterocycles. The topological polar surface area (TPSA) is 34.2 Å². The third kappa shape index (κ3) is 5.12. The highest BCUT2D eigenvalue weighted by molar-refractivity contribution is 5.17. The number of ether oxygens (including phenoxy) is 3. The number of nitrogens with zero attached hydrogens (tertiary/aromatic N) is 2. The molecule has 3 saturated heterocycles. The zero-order chi connectivity index (χ0) is 21.4. The van der Waals surface area contributed by atoms with Gasteiger partial charge in [-0.2, -0.15) is 0 Å². The zero-order valence-electron chi connectivity index (χ0n) is 19.8. The van der Waals surface area contributed by atoms with Crippen LogP contribution < -0.4 is 0 Å². The summed E-state index contributed by atoms with van der Waals surface area (Å²) in [4.78, 5) is 5.26. The maximum atomic E-state index is 6.44. The van der Waals surface area contributed by atoms with E-state index < -0.39 is 0 Å². The number of rotatable bonds is 10. The summed E-state index contributed by atoms with van der Waals surface area (Å²) < 4.78 is 18.6.